The molecule has 0 radical (unpaired) electrons. The van der Waals surface area contributed by atoms with E-state index in [0.717, 1.165) is 31.5 Å². The zero-order valence-electron chi connectivity index (χ0n) is 15.8. The molecular weight excluding hydrogens is 350 g/mol. The molecule has 0 spiro atoms. The van der Waals surface area contributed by atoms with E-state index in [-0.39, 0.29) is 23.9 Å². The van der Waals surface area contributed by atoms with Crippen LogP contribution in [0.5, 0.6) is 0 Å². The molecule has 2 aliphatic rings. The van der Waals surface area contributed by atoms with Crippen molar-refractivity contribution < 1.29 is 9.59 Å². The quantitative estimate of drug-likeness (QED) is 0.828. The summed E-state index contributed by atoms with van der Waals surface area (Å²) in [5, 5.41) is 3.88. The van der Waals surface area contributed by atoms with Crippen LogP contribution in [-0.2, 0) is 15.0 Å². The average Bonchev–Trinajstić information content (AvgIpc) is 3.35. The van der Waals surface area contributed by atoms with Crippen LogP contribution in [0, 0.1) is 0 Å². The zero-order chi connectivity index (χ0) is 18.9. The Morgan fingerprint density at radius 2 is 1.85 bits per heavy atom. The van der Waals surface area contributed by atoms with Gasteiger partial charge >= 0.3 is 0 Å². The predicted molar refractivity (Wildman–Crippen MR) is 103 cm³/mol. The number of nitrogens with one attached hydrogen (secondary N) is 1. The number of nitrogens with zero attached hydrogens (tertiary/aromatic N) is 2. The largest absolute Gasteiger partial charge is 0.351 e. The highest BCUT2D eigenvalue weighted by molar-refractivity contribution is 6.30. The number of hydrogen-bond acceptors (Lipinski definition) is 3. The van der Waals surface area contributed by atoms with Gasteiger partial charge in [-0.3, -0.25) is 14.5 Å². The summed E-state index contributed by atoms with van der Waals surface area (Å²) >= 11 is 5.97. The van der Waals surface area contributed by atoms with E-state index in [2.05, 4.69) is 10.2 Å². The van der Waals surface area contributed by atoms with Gasteiger partial charge in [0.05, 0.1) is 11.5 Å². The Kier molecular flexibility index (Phi) is 5.58. The first kappa shape index (κ1) is 19.2. The Bertz CT molecular complexity index is 668. The Morgan fingerprint density at radius 3 is 2.38 bits per heavy atom. The summed E-state index contributed by atoms with van der Waals surface area (Å²) < 4.78 is 0. The highest BCUT2D eigenvalue weighted by Crippen LogP contribution is 2.48. The molecule has 2 atom stereocenters. The number of carbonyl (C=O) groups excluding carboxylic acids is 2. The van der Waals surface area contributed by atoms with Gasteiger partial charge in [-0.2, -0.15) is 0 Å². The van der Waals surface area contributed by atoms with Gasteiger partial charge in [0.2, 0.25) is 11.8 Å². The van der Waals surface area contributed by atoms with E-state index in [9.17, 15) is 9.59 Å². The smallest absolute Gasteiger partial charge is 0.239 e. The fourth-order valence-electron chi connectivity index (χ4n) is 4.00. The van der Waals surface area contributed by atoms with E-state index >= 15 is 0 Å². The van der Waals surface area contributed by atoms with Gasteiger partial charge in [-0.05, 0) is 57.9 Å². The fraction of sp³-hybridized carbons (Fsp3) is 0.600. The summed E-state index contributed by atoms with van der Waals surface area (Å²) in [4.78, 5) is 29.5. The van der Waals surface area contributed by atoms with Gasteiger partial charge in [0.1, 0.15) is 0 Å². The van der Waals surface area contributed by atoms with Crippen LogP contribution in [0.15, 0.2) is 24.3 Å². The normalized spacial score (nSPS) is 24.3. The third-order valence-corrected chi connectivity index (χ3v) is 6.08. The van der Waals surface area contributed by atoms with Crippen molar-refractivity contribution in [2.45, 2.75) is 50.6 Å². The molecule has 0 aromatic heterocycles. The first-order chi connectivity index (χ1) is 12.4. The molecule has 1 aromatic carbocycles. The van der Waals surface area contributed by atoms with Crippen LogP contribution in [-0.4, -0.2) is 60.4 Å². The second kappa shape index (κ2) is 7.57. The van der Waals surface area contributed by atoms with Crippen molar-refractivity contribution in [1.29, 1.82) is 0 Å². The van der Waals surface area contributed by atoms with Crippen molar-refractivity contribution in [3.8, 4) is 0 Å². The summed E-state index contributed by atoms with van der Waals surface area (Å²) in [7, 11) is 1.96. The van der Waals surface area contributed by atoms with Crippen LogP contribution in [0.4, 0.5) is 0 Å². The molecule has 1 heterocycles. The molecule has 2 unspecified atom stereocenters. The lowest BCUT2D eigenvalue weighted by atomic mass is 9.94. The van der Waals surface area contributed by atoms with Crippen LogP contribution in [0.25, 0.3) is 0 Å². The van der Waals surface area contributed by atoms with Crippen molar-refractivity contribution >= 4 is 23.4 Å². The van der Waals surface area contributed by atoms with Crippen molar-refractivity contribution in [3.63, 3.8) is 0 Å². The van der Waals surface area contributed by atoms with Crippen LogP contribution < -0.4 is 5.32 Å². The van der Waals surface area contributed by atoms with E-state index < -0.39 is 5.41 Å². The van der Waals surface area contributed by atoms with E-state index in [1.54, 1.807) is 0 Å². The maximum atomic E-state index is 12.9. The van der Waals surface area contributed by atoms with Crippen LogP contribution in [0.2, 0.25) is 5.02 Å². The van der Waals surface area contributed by atoms with Gasteiger partial charge in [0.25, 0.3) is 0 Å². The van der Waals surface area contributed by atoms with E-state index in [0.29, 0.717) is 18.0 Å². The Balaban J connectivity index is 1.64. The molecule has 3 rings (SSSR count). The molecule has 6 heteroatoms. The molecular formula is C20H28ClN3O2. The van der Waals surface area contributed by atoms with Crippen LogP contribution in [0.1, 0.15) is 38.7 Å². The summed E-state index contributed by atoms with van der Waals surface area (Å²) in [6, 6.07) is 7.44. The Hall–Kier alpha value is -1.59. The van der Waals surface area contributed by atoms with Crippen LogP contribution >= 0.6 is 11.6 Å². The lowest BCUT2D eigenvalue weighted by Gasteiger charge is -2.26. The third-order valence-electron chi connectivity index (χ3n) is 5.83. The molecule has 2 fully saturated rings. The second-order valence-electron chi connectivity index (χ2n) is 7.46. The number of carbonyl (C=O) groups is 2. The molecule has 26 heavy (non-hydrogen) atoms. The number of halogens is 1. The van der Waals surface area contributed by atoms with Gasteiger partial charge in [-0.25, -0.2) is 0 Å². The zero-order valence-corrected chi connectivity index (χ0v) is 16.6. The maximum absolute atomic E-state index is 12.9. The monoisotopic (exact) mass is 377 g/mol. The number of likely N-dealkylation sites (tertiary alicyclic amines) is 1. The topological polar surface area (TPSA) is 52.7 Å². The van der Waals surface area contributed by atoms with Gasteiger partial charge in [-0.1, -0.05) is 23.7 Å². The molecule has 1 N–H and O–H groups in total. The lowest BCUT2D eigenvalue weighted by Crippen LogP contribution is -2.44. The number of rotatable bonds is 6. The lowest BCUT2D eigenvalue weighted by molar-refractivity contribution is -0.135. The first-order valence-corrected chi connectivity index (χ1v) is 9.85. The molecule has 1 aliphatic heterocycles. The molecule has 5 nitrogen and oxygen atoms in total. The molecule has 1 aromatic rings. The SMILES string of the molecule is CCN(CC)C(=O)C1CC(NC(=O)C2(c3ccc(Cl)cc3)CC2)CN1C. The number of hydrogen-bond donors (Lipinski definition) is 1. The summed E-state index contributed by atoms with van der Waals surface area (Å²) in [5.74, 6) is 0.238. The van der Waals surface area contributed by atoms with Gasteiger partial charge < -0.3 is 10.2 Å². The van der Waals surface area contributed by atoms with E-state index in [1.165, 1.54) is 0 Å². The average molecular weight is 378 g/mol. The molecule has 142 valence electrons. The van der Waals surface area contributed by atoms with Crippen molar-refractivity contribution in [2.24, 2.45) is 0 Å². The van der Waals surface area contributed by atoms with Crippen molar-refractivity contribution in [2.75, 3.05) is 26.7 Å². The standard InChI is InChI=1S/C20H28ClN3O2/c1-4-24(5-2)18(25)17-12-16(13-23(17)3)22-19(26)20(10-11-20)14-6-8-15(21)9-7-14/h6-9,16-17H,4-5,10-13H2,1-3H3,(H,22,26). The molecule has 1 aliphatic carbocycles. The van der Waals surface area contributed by atoms with Gasteiger partial charge in [-0.15, -0.1) is 0 Å². The minimum atomic E-state index is -0.413. The maximum Gasteiger partial charge on any atom is 0.239 e. The fourth-order valence-corrected chi connectivity index (χ4v) is 4.13. The highest BCUT2D eigenvalue weighted by atomic mass is 35.5. The summed E-state index contributed by atoms with van der Waals surface area (Å²) in [5.41, 5.74) is 0.617. The van der Waals surface area contributed by atoms with Crippen molar-refractivity contribution in [3.05, 3.63) is 34.9 Å². The highest BCUT2D eigenvalue weighted by Gasteiger charge is 2.52. The summed E-state index contributed by atoms with van der Waals surface area (Å²) in [6.45, 7) is 6.14. The van der Waals surface area contributed by atoms with E-state index in [1.807, 2.05) is 50.1 Å². The minimum Gasteiger partial charge on any atom is -0.351 e. The number of likely N-dealkylation sites (N-methyl/N-ethyl adjacent to an activating group) is 2. The Labute approximate surface area is 160 Å². The second-order valence-corrected chi connectivity index (χ2v) is 7.90. The van der Waals surface area contributed by atoms with Crippen LogP contribution in [0.3, 0.4) is 0 Å². The number of benzene rings is 1. The molecule has 2 amide bonds. The van der Waals surface area contributed by atoms with Gasteiger partial charge in [0.15, 0.2) is 0 Å². The predicted octanol–water partition coefficient (Wildman–Crippen LogP) is 2.43. The van der Waals surface area contributed by atoms with Gasteiger partial charge in [0, 0.05) is 30.7 Å². The molecule has 1 saturated heterocycles. The van der Waals surface area contributed by atoms with Crippen molar-refractivity contribution in [1.82, 2.24) is 15.1 Å². The molecule has 0 bridgehead atoms. The summed E-state index contributed by atoms with van der Waals surface area (Å²) in [6.07, 6.45) is 2.41. The third kappa shape index (κ3) is 3.60. The number of amides is 2. The first-order valence-electron chi connectivity index (χ1n) is 9.47. The minimum absolute atomic E-state index is 0.0155. The molecule has 1 saturated carbocycles. The Morgan fingerprint density at radius 1 is 1.23 bits per heavy atom. The van der Waals surface area contributed by atoms with E-state index in [4.69, 9.17) is 11.6 Å².